The highest BCUT2D eigenvalue weighted by molar-refractivity contribution is 7.89. The summed E-state index contributed by atoms with van der Waals surface area (Å²) in [6.45, 7) is 4.69. The largest absolute Gasteiger partial charge is 0.378 e. The van der Waals surface area contributed by atoms with Crippen molar-refractivity contribution in [2.24, 2.45) is 0 Å². The van der Waals surface area contributed by atoms with E-state index in [2.05, 4.69) is 10.1 Å². The molecule has 2 aromatic rings. The van der Waals surface area contributed by atoms with Crippen LogP contribution in [0.2, 0.25) is 0 Å². The average Bonchev–Trinajstić information content (AvgIpc) is 3.06. The molecule has 1 aliphatic rings. The van der Waals surface area contributed by atoms with Gasteiger partial charge in [-0.25, -0.2) is 8.42 Å². The van der Waals surface area contributed by atoms with Crippen LogP contribution in [0.4, 0.5) is 0 Å². The molecule has 7 nitrogen and oxygen atoms in total. The lowest BCUT2D eigenvalue weighted by Gasteiger charge is -2.32. The van der Waals surface area contributed by atoms with E-state index >= 15 is 0 Å². The van der Waals surface area contributed by atoms with Crippen LogP contribution in [0.15, 0.2) is 39.8 Å². The van der Waals surface area contributed by atoms with E-state index in [4.69, 9.17) is 9.26 Å². The molecule has 124 valence electrons. The number of nitrogens with zero attached hydrogens (tertiary/aromatic N) is 3. The first-order valence-electron chi connectivity index (χ1n) is 7.48. The quantitative estimate of drug-likeness (QED) is 0.848. The van der Waals surface area contributed by atoms with Crippen molar-refractivity contribution in [2.45, 2.75) is 30.7 Å². The van der Waals surface area contributed by atoms with E-state index in [1.165, 1.54) is 4.31 Å². The third kappa shape index (κ3) is 3.15. The number of hydrogen-bond donors (Lipinski definition) is 0. The third-order valence-corrected chi connectivity index (χ3v) is 5.60. The Morgan fingerprint density at radius 3 is 2.65 bits per heavy atom. The Kier molecular flexibility index (Phi) is 4.47. The normalized spacial score (nSPS) is 20.0. The van der Waals surface area contributed by atoms with E-state index in [0.717, 1.165) is 0 Å². The summed E-state index contributed by atoms with van der Waals surface area (Å²) in [5, 5.41) is 3.95. The summed E-state index contributed by atoms with van der Waals surface area (Å²) in [6, 6.07) is 7.77. The molecule has 1 aliphatic heterocycles. The van der Waals surface area contributed by atoms with Crippen LogP contribution in [0, 0.1) is 0 Å². The summed E-state index contributed by atoms with van der Waals surface area (Å²) in [5.41, 5.74) is 0. The molecule has 0 unspecified atom stereocenters. The SMILES string of the molecule is CC(C)c1nc([C@H]2COCCN2S(=O)(=O)c2ccccc2)no1. The zero-order valence-electron chi connectivity index (χ0n) is 13.0. The molecule has 1 aromatic heterocycles. The van der Waals surface area contributed by atoms with E-state index < -0.39 is 16.1 Å². The van der Waals surface area contributed by atoms with Crippen molar-refractivity contribution in [1.29, 1.82) is 0 Å². The van der Waals surface area contributed by atoms with Crippen LogP contribution in [-0.4, -0.2) is 42.6 Å². The Hall–Kier alpha value is -1.77. The predicted molar refractivity (Wildman–Crippen MR) is 82.3 cm³/mol. The van der Waals surface area contributed by atoms with Crippen LogP contribution in [0.5, 0.6) is 0 Å². The van der Waals surface area contributed by atoms with E-state index in [1.807, 2.05) is 13.8 Å². The minimum absolute atomic E-state index is 0.0833. The fourth-order valence-electron chi connectivity index (χ4n) is 2.42. The second kappa shape index (κ2) is 6.38. The maximum Gasteiger partial charge on any atom is 0.243 e. The van der Waals surface area contributed by atoms with Gasteiger partial charge in [-0.3, -0.25) is 0 Å². The Bertz CT molecular complexity index is 758. The molecule has 0 amide bonds. The minimum atomic E-state index is -3.64. The lowest BCUT2D eigenvalue weighted by molar-refractivity contribution is 0.0282. The number of aromatic nitrogens is 2. The summed E-state index contributed by atoms with van der Waals surface area (Å²) in [5.74, 6) is 0.912. The number of morpholine rings is 1. The van der Waals surface area contributed by atoms with Crippen LogP contribution in [0.3, 0.4) is 0 Å². The monoisotopic (exact) mass is 337 g/mol. The first-order chi connectivity index (χ1) is 11.0. The molecule has 0 aliphatic carbocycles. The van der Waals surface area contributed by atoms with Crippen molar-refractivity contribution in [3.8, 4) is 0 Å². The van der Waals surface area contributed by atoms with E-state index in [0.29, 0.717) is 18.3 Å². The molecule has 2 heterocycles. The van der Waals surface area contributed by atoms with Gasteiger partial charge in [-0.2, -0.15) is 9.29 Å². The molecular formula is C15H19N3O4S. The molecule has 1 aromatic carbocycles. The van der Waals surface area contributed by atoms with Gasteiger partial charge in [-0.1, -0.05) is 37.2 Å². The summed E-state index contributed by atoms with van der Waals surface area (Å²) in [4.78, 5) is 4.58. The summed E-state index contributed by atoms with van der Waals surface area (Å²) >= 11 is 0. The lowest BCUT2D eigenvalue weighted by Crippen LogP contribution is -2.43. The number of sulfonamides is 1. The Morgan fingerprint density at radius 1 is 1.26 bits per heavy atom. The summed E-state index contributed by atoms with van der Waals surface area (Å²) < 4.78 is 37.8. The van der Waals surface area contributed by atoms with Crippen LogP contribution in [0.25, 0.3) is 0 Å². The van der Waals surface area contributed by atoms with Gasteiger partial charge in [0.05, 0.1) is 18.1 Å². The van der Waals surface area contributed by atoms with Gasteiger partial charge in [0.15, 0.2) is 5.82 Å². The van der Waals surface area contributed by atoms with Crippen molar-refractivity contribution in [3.63, 3.8) is 0 Å². The number of benzene rings is 1. The molecule has 0 N–H and O–H groups in total. The van der Waals surface area contributed by atoms with Crippen molar-refractivity contribution in [1.82, 2.24) is 14.4 Å². The maximum atomic E-state index is 12.9. The Labute approximate surface area is 135 Å². The molecule has 0 radical (unpaired) electrons. The average molecular weight is 337 g/mol. The van der Waals surface area contributed by atoms with Crippen molar-refractivity contribution in [2.75, 3.05) is 19.8 Å². The fourth-order valence-corrected chi connectivity index (χ4v) is 4.00. The Morgan fingerprint density at radius 2 is 2.00 bits per heavy atom. The number of hydrogen-bond acceptors (Lipinski definition) is 6. The van der Waals surface area contributed by atoms with Crippen LogP contribution < -0.4 is 0 Å². The molecule has 1 fully saturated rings. The highest BCUT2D eigenvalue weighted by atomic mass is 32.2. The van der Waals surface area contributed by atoms with Crippen molar-refractivity contribution in [3.05, 3.63) is 42.0 Å². The molecular weight excluding hydrogens is 318 g/mol. The van der Waals surface area contributed by atoms with E-state index in [1.54, 1.807) is 30.3 Å². The van der Waals surface area contributed by atoms with Gasteiger partial charge in [0.25, 0.3) is 0 Å². The molecule has 0 bridgehead atoms. The smallest absolute Gasteiger partial charge is 0.243 e. The fraction of sp³-hybridized carbons (Fsp3) is 0.467. The van der Waals surface area contributed by atoms with Crippen LogP contribution >= 0.6 is 0 Å². The van der Waals surface area contributed by atoms with Crippen LogP contribution in [-0.2, 0) is 14.8 Å². The highest BCUT2D eigenvalue weighted by Gasteiger charge is 2.37. The molecule has 23 heavy (non-hydrogen) atoms. The van der Waals surface area contributed by atoms with Gasteiger partial charge in [0, 0.05) is 12.5 Å². The summed E-state index contributed by atoms with van der Waals surface area (Å²) in [6.07, 6.45) is 0. The minimum Gasteiger partial charge on any atom is -0.378 e. The topological polar surface area (TPSA) is 85.5 Å². The van der Waals surface area contributed by atoms with Crippen molar-refractivity contribution < 1.29 is 17.7 Å². The zero-order chi connectivity index (χ0) is 16.4. The third-order valence-electron chi connectivity index (χ3n) is 3.68. The van der Waals surface area contributed by atoms with Gasteiger partial charge in [-0.05, 0) is 12.1 Å². The second-order valence-corrected chi connectivity index (χ2v) is 7.56. The molecule has 0 saturated carbocycles. The summed E-state index contributed by atoms with van der Waals surface area (Å²) in [7, 11) is -3.64. The van der Waals surface area contributed by atoms with Crippen molar-refractivity contribution >= 4 is 10.0 Å². The van der Waals surface area contributed by atoms with E-state index in [9.17, 15) is 8.42 Å². The molecule has 1 atom stereocenters. The number of ether oxygens (including phenoxy) is 1. The van der Waals surface area contributed by atoms with Gasteiger partial charge in [0.1, 0.15) is 6.04 Å². The van der Waals surface area contributed by atoms with E-state index in [-0.39, 0.29) is 24.0 Å². The van der Waals surface area contributed by atoms with Gasteiger partial charge in [-0.15, -0.1) is 0 Å². The first-order valence-corrected chi connectivity index (χ1v) is 8.92. The molecule has 8 heteroatoms. The zero-order valence-corrected chi connectivity index (χ0v) is 13.9. The molecule has 1 saturated heterocycles. The number of rotatable bonds is 4. The lowest BCUT2D eigenvalue weighted by atomic mass is 10.2. The molecule has 3 rings (SSSR count). The second-order valence-electron chi connectivity index (χ2n) is 5.67. The maximum absolute atomic E-state index is 12.9. The predicted octanol–water partition coefficient (Wildman–Crippen LogP) is 1.96. The Balaban J connectivity index is 1.95. The van der Waals surface area contributed by atoms with Gasteiger partial charge < -0.3 is 9.26 Å². The van der Waals surface area contributed by atoms with Gasteiger partial charge in [0.2, 0.25) is 15.9 Å². The molecule has 0 spiro atoms. The van der Waals surface area contributed by atoms with Crippen LogP contribution in [0.1, 0.15) is 37.5 Å². The first kappa shape index (κ1) is 16.1. The highest BCUT2D eigenvalue weighted by Crippen LogP contribution is 2.29. The van der Waals surface area contributed by atoms with Gasteiger partial charge >= 0.3 is 0 Å². The standard InChI is InChI=1S/C15H19N3O4S/c1-11(2)15-16-14(17-22-15)13-10-21-9-8-18(13)23(19,20)12-6-4-3-5-7-12/h3-7,11,13H,8-10H2,1-2H3/t13-/m1/s1.